The smallest absolute Gasteiger partial charge is 0.416 e. The number of likely N-dealkylation sites (tertiary alicyclic amines) is 1. The normalized spacial score (nSPS) is 23.5. The van der Waals surface area contributed by atoms with Crippen molar-refractivity contribution in [2.45, 2.75) is 64.1 Å². The summed E-state index contributed by atoms with van der Waals surface area (Å²) in [6.07, 6.45) is -5.15. The predicted molar refractivity (Wildman–Crippen MR) is 154 cm³/mol. The Morgan fingerprint density at radius 2 is 1.70 bits per heavy atom. The Hall–Kier alpha value is -4.05. The Morgan fingerprint density at radius 3 is 2.30 bits per heavy atom. The van der Waals surface area contributed by atoms with Gasteiger partial charge in [-0.05, 0) is 40.8 Å². The zero-order valence-electron chi connectivity index (χ0n) is 24.4. The van der Waals surface area contributed by atoms with Crippen molar-refractivity contribution in [1.82, 2.24) is 10.2 Å². The van der Waals surface area contributed by atoms with Gasteiger partial charge >= 0.3 is 12.1 Å². The van der Waals surface area contributed by atoms with E-state index in [0.717, 1.165) is 17.7 Å². The second-order valence-corrected chi connectivity index (χ2v) is 12.1. The molecule has 3 aromatic carbocycles. The monoisotopic (exact) mass is 596 g/mol. The van der Waals surface area contributed by atoms with Crippen molar-refractivity contribution in [3.05, 3.63) is 95.1 Å². The number of carbonyl (C=O) groups excluding carboxylic acids is 1. The second-order valence-electron chi connectivity index (χ2n) is 12.1. The molecule has 228 valence electrons. The fourth-order valence-electron chi connectivity index (χ4n) is 6.53. The minimum Gasteiger partial charge on any atom is -0.496 e. The molecule has 43 heavy (non-hydrogen) atoms. The van der Waals surface area contributed by atoms with Gasteiger partial charge in [0, 0.05) is 30.5 Å². The van der Waals surface area contributed by atoms with Crippen LogP contribution in [0.25, 0.3) is 0 Å². The summed E-state index contributed by atoms with van der Waals surface area (Å²) in [7, 11) is 1.38. The Labute approximate surface area is 248 Å². The van der Waals surface area contributed by atoms with Gasteiger partial charge in [0.05, 0.1) is 18.7 Å². The van der Waals surface area contributed by atoms with E-state index in [1.165, 1.54) is 18.1 Å². The van der Waals surface area contributed by atoms with Gasteiger partial charge in [0.1, 0.15) is 17.5 Å². The van der Waals surface area contributed by atoms with Crippen LogP contribution >= 0.6 is 0 Å². The number of rotatable bonds is 7. The first-order valence-electron chi connectivity index (χ1n) is 14.1. The van der Waals surface area contributed by atoms with E-state index in [4.69, 9.17) is 9.47 Å². The zero-order chi connectivity index (χ0) is 31.1. The van der Waals surface area contributed by atoms with Crippen molar-refractivity contribution in [2.24, 2.45) is 11.3 Å². The average Bonchev–Trinajstić information content (AvgIpc) is 3.55. The number of nitrogens with zero attached hydrogens (tertiary/aromatic N) is 1. The number of hydrogen-bond donors (Lipinski definition) is 2. The van der Waals surface area contributed by atoms with Crippen molar-refractivity contribution in [3.8, 4) is 11.5 Å². The van der Waals surface area contributed by atoms with Gasteiger partial charge in [-0.1, -0.05) is 69.3 Å². The highest BCUT2D eigenvalue weighted by Gasteiger charge is 2.59. The number of halogens is 3. The van der Waals surface area contributed by atoms with Crippen LogP contribution in [-0.2, 0) is 28.7 Å². The highest BCUT2D eigenvalue weighted by atomic mass is 19.4. The Morgan fingerprint density at radius 1 is 1.02 bits per heavy atom. The molecule has 0 spiro atoms. The summed E-state index contributed by atoms with van der Waals surface area (Å²) in [5.41, 5.74) is 0.393. The number of carboxylic acid groups (broad SMARTS) is 1. The van der Waals surface area contributed by atoms with Crippen LogP contribution in [-0.4, -0.2) is 47.2 Å². The number of hydrogen-bond acceptors (Lipinski definition) is 5. The van der Waals surface area contributed by atoms with Crippen LogP contribution in [0.15, 0.2) is 72.8 Å². The van der Waals surface area contributed by atoms with Gasteiger partial charge in [-0.2, -0.15) is 13.2 Å². The molecule has 1 saturated heterocycles. The largest absolute Gasteiger partial charge is 0.496 e. The van der Waals surface area contributed by atoms with E-state index in [2.05, 4.69) is 5.32 Å². The van der Waals surface area contributed by atoms with Gasteiger partial charge in [-0.3, -0.25) is 4.79 Å². The molecular weight excluding hydrogens is 561 g/mol. The average molecular weight is 597 g/mol. The van der Waals surface area contributed by atoms with Gasteiger partial charge in [-0.15, -0.1) is 0 Å². The van der Waals surface area contributed by atoms with Crippen LogP contribution in [0, 0.1) is 11.3 Å². The number of amides is 1. The summed E-state index contributed by atoms with van der Waals surface area (Å²) in [6.45, 7) is 5.68. The van der Waals surface area contributed by atoms with Crippen LogP contribution < -0.4 is 14.8 Å². The molecule has 2 aliphatic rings. The fourth-order valence-corrected chi connectivity index (χ4v) is 6.53. The lowest BCUT2D eigenvalue weighted by atomic mass is 9.72. The Bertz CT molecular complexity index is 1460. The maximum Gasteiger partial charge on any atom is 0.416 e. The summed E-state index contributed by atoms with van der Waals surface area (Å²) in [5, 5.41) is 14.0. The molecule has 2 aliphatic heterocycles. The molecule has 3 aromatic rings. The Kier molecular flexibility index (Phi) is 8.17. The fraction of sp³-hybridized carbons (Fsp3) is 0.394. The van der Waals surface area contributed by atoms with E-state index in [1.54, 1.807) is 6.07 Å². The number of ether oxygens (including phenoxy) is 2. The third-order valence-electron chi connectivity index (χ3n) is 8.37. The molecule has 1 fully saturated rings. The van der Waals surface area contributed by atoms with Crippen molar-refractivity contribution in [3.63, 3.8) is 0 Å². The Balaban J connectivity index is 1.58. The first kappa shape index (κ1) is 30.4. The summed E-state index contributed by atoms with van der Waals surface area (Å²) in [5.74, 6) is -1.39. The molecule has 0 bridgehead atoms. The molecule has 2 N–H and O–H groups in total. The lowest BCUT2D eigenvalue weighted by molar-refractivity contribution is -0.155. The van der Waals surface area contributed by atoms with Crippen LogP contribution in [0.4, 0.5) is 13.2 Å². The maximum absolute atomic E-state index is 14.3. The second kappa shape index (κ2) is 11.6. The summed E-state index contributed by atoms with van der Waals surface area (Å²) in [4.78, 5) is 28.8. The third-order valence-corrected chi connectivity index (χ3v) is 8.37. The van der Waals surface area contributed by atoms with Crippen LogP contribution in [0.1, 0.15) is 49.1 Å². The topological polar surface area (TPSA) is 88.1 Å². The number of benzene rings is 3. The van der Waals surface area contributed by atoms with Gasteiger partial charge in [0.25, 0.3) is 5.91 Å². The van der Waals surface area contributed by atoms with E-state index in [-0.39, 0.29) is 17.9 Å². The zero-order valence-corrected chi connectivity index (χ0v) is 24.4. The minimum atomic E-state index is -4.55. The molecular formula is C33H35F3N2O5. The van der Waals surface area contributed by atoms with E-state index >= 15 is 0 Å². The predicted octanol–water partition coefficient (Wildman–Crippen LogP) is 5.87. The molecule has 0 unspecified atom stereocenters. The SMILES string of the molecule is COc1ccc(C(F)(F)F)cc1CN[C@H]1[C@H](C(C)(C)C)[C@@H](C(=O)O)N(C(=O)[C@H]2Cc3ccccc3O2)[C@H]1c1ccccc1. The van der Waals surface area contributed by atoms with Gasteiger partial charge in [0.2, 0.25) is 0 Å². The third kappa shape index (κ3) is 5.93. The molecule has 2 heterocycles. The molecule has 0 saturated carbocycles. The van der Waals surface area contributed by atoms with Crippen LogP contribution in [0.2, 0.25) is 0 Å². The quantitative estimate of drug-likeness (QED) is 0.355. The molecule has 7 nitrogen and oxygen atoms in total. The van der Waals surface area contributed by atoms with Crippen molar-refractivity contribution in [2.75, 3.05) is 7.11 Å². The molecule has 0 aromatic heterocycles. The highest BCUT2D eigenvalue weighted by molar-refractivity contribution is 5.89. The van der Waals surface area contributed by atoms with E-state index < -0.39 is 59.2 Å². The molecule has 5 atom stereocenters. The first-order valence-corrected chi connectivity index (χ1v) is 14.1. The number of carbonyl (C=O) groups is 2. The number of alkyl halides is 3. The molecule has 0 aliphatic carbocycles. The maximum atomic E-state index is 14.3. The van der Waals surface area contributed by atoms with E-state index in [0.29, 0.717) is 17.7 Å². The molecule has 1 amide bonds. The molecule has 0 radical (unpaired) electrons. The van der Waals surface area contributed by atoms with Crippen molar-refractivity contribution < 1.29 is 37.3 Å². The van der Waals surface area contributed by atoms with Crippen molar-refractivity contribution >= 4 is 11.9 Å². The summed E-state index contributed by atoms with van der Waals surface area (Å²) >= 11 is 0. The van der Waals surface area contributed by atoms with E-state index in [9.17, 15) is 27.9 Å². The molecule has 5 rings (SSSR count). The van der Waals surface area contributed by atoms with Gasteiger partial charge < -0.3 is 24.8 Å². The number of nitrogens with one attached hydrogen (secondary N) is 1. The van der Waals surface area contributed by atoms with Gasteiger partial charge in [0.15, 0.2) is 6.10 Å². The van der Waals surface area contributed by atoms with Crippen LogP contribution in [0.5, 0.6) is 11.5 Å². The number of fused-ring (bicyclic) bond motifs is 1. The minimum absolute atomic E-state index is 0.0482. The first-order chi connectivity index (χ1) is 20.3. The summed E-state index contributed by atoms with van der Waals surface area (Å²) in [6, 6.07) is 17.1. The molecule has 10 heteroatoms. The number of methoxy groups -OCH3 is 1. The number of para-hydroxylation sites is 1. The number of aliphatic carboxylic acids is 1. The van der Waals surface area contributed by atoms with E-state index in [1.807, 2.05) is 69.3 Å². The lowest BCUT2D eigenvalue weighted by Crippen LogP contribution is -2.51. The van der Waals surface area contributed by atoms with Crippen LogP contribution in [0.3, 0.4) is 0 Å². The standard InChI is InChI=1S/C33H35F3N2O5/c1-32(2,3)26-27(37-18-21-16-22(33(34,35)36)14-15-23(21)42-4)28(19-10-6-5-7-11-19)38(29(26)31(40)41)30(39)25-17-20-12-8-9-13-24(20)43-25/h5-16,25-29,37H,17-18H2,1-4H3,(H,40,41)/t25-,26+,27+,28+,29+/m1/s1. The highest BCUT2D eigenvalue weighted by Crippen LogP contribution is 2.49. The van der Waals surface area contributed by atoms with Gasteiger partial charge in [-0.25, -0.2) is 4.79 Å². The number of carboxylic acids is 1. The summed E-state index contributed by atoms with van der Waals surface area (Å²) < 4.78 is 52.2. The van der Waals surface area contributed by atoms with Crippen molar-refractivity contribution in [1.29, 1.82) is 0 Å². The lowest BCUT2D eigenvalue weighted by Gasteiger charge is -2.35.